The Kier molecular flexibility index (Phi) is 5.34. The quantitative estimate of drug-likeness (QED) is 0.339. The molecule has 0 aliphatic heterocycles. The molecule has 0 saturated carbocycles. The van der Waals surface area contributed by atoms with Crippen molar-refractivity contribution < 1.29 is 4.79 Å². The molecule has 0 bridgehead atoms. The first kappa shape index (κ1) is 14.6. The van der Waals surface area contributed by atoms with Crippen molar-refractivity contribution in [2.75, 3.05) is 6.54 Å². The molecule has 0 aliphatic carbocycles. The van der Waals surface area contributed by atoms with Gasteiger partial charge >= 0.3 is 6.03 Å². The normalized spacial score (nSPS) is 10.7. The monoisotopic (exact) mass is 282 g/mol. The maximum absolute atomic E-state index is 11.6. The van der Waals surface area contributed by atoms with Gasteiger partial charge < -0.3 is 11.2 Å². The minimum atomic E-state index is -0.332. The van der Waals surface area contributed by atoms with Gasteiger partial charge in [0, 0.05) is 12.5 Å². The van der Waals surface area contributed by atoms with E-state index in [0.717, 1.165) is 17.5 Å². The van der Waals surface area contributed by atoms with Crippen molar-refractivity contribution in [3.05, 3.63) is 71.8 Å². The summed E-state index contributed by atoms with van der Waals surface area (Å²) in [5.41, 5.74) is 2.30. The largest absolute Gasteiger partial charge is 0.337 e. The maximum Gasteiger partial charge on any atom is 0.320 e. The summed E-state index contributed by atoms with van der Waals surface area (Å²) in [7, 11) is 0. The van der Waals surface area contributed by atoms with Gasteiger partial charge in [-0.3, -0.25) is 5.32 Å². The Morgan fingerprint density at radius 3 is 2.05 bits per heavy atom. The molecule has 0 aromatic heterocycles. The van der Waals surface area contributed by atoms with Gasteiger partial charge in [0.2, 0.25) is 0 Å². The van der Waals surface area contributed by atoms with Crippen LogP contribution in [0, 0.1) is 0 Å². The summed E-state index contributed by atoms with van der Waals surface area (Å²) in [6, 6.07) is 19.8. The SMILES string of the molecule is NN=CNC(=O)NCC(c1ccccc1)c1ccccc1. The molecule has 0 heterocycles. The van der Waals surface area contributed by atoms with Gasteiger partial charge in [-0.05, 0) is 11.1 Å². The second kappa shape index (κ2) is 7.69. The van der Waals surface area contributed by atoms with Crippen LogP contribution in [-0.2, 0) is 0 Å². The Hall–Kier alpha value is -2.82. The van der Waals surface area contributed by atoms with Crippen LogP contribution < -0.4 is 16.5 Å². The lowest BCUT2D eigenvalue weighted by molar-refractivity contribution is 0.245. The molecule has 4 N–H and O–H groups in total. The van der Waals surface area contributed by atoms with Gasteiger partial charge in [0.1, 0.15) is 6.34 Å². The molecule has 0 atom stereocenters. The van der Waals surface area contributed by atoms with E-state index in [1.165, 1.54) is 0 Å². The highest BCUT2D eigenvalue weighted by Gasteiger charge is 2.14. The molecule has 5 nitrogen and oxygen atoms in total. The molecule has 0 aliphatic rings. The fraction of sp³-hybridized carbons (Fsp3) is 0.125. The molecule has 0 fully saturated rings. The van der Waals surface area contributed by atoms with Crippen LogP contribution in [0.2, 0.25) is 0 Å². The predicted molar refractivity (Wildman–Crippen MR) is 83.9 cm³/mol. The molecule has 21 heavy (non-hydrogen) atoms. The highest BCUT2D eigenvalue weighted by atomic mass is 16.2. The van der Waals surface area contributed by atoms with Gasteiger partial charge in [0.25, 0.3) is 0 Å². The zero-order valence-electron chi connectivity index (χ0n) is 11.6. The number of carbonyl (C=O) groups is 1. The number of nitrogens with two attached hydrogens (primary N) is 1. The van der Waals surface area contributed by atoms with Crippen molar-refractivity contribution in [3.8, 4) is 0 Å². The zero-order valence-corrected chi connectivity index (χ0v) is 11.6. The van der Waals surface area contributed by atoms with E-state index >= 15 is 0 Å². The predicted octanol–water partition coefficient (Wildman–Crippen LogP) is 2.02. The molecule has 2 aromatic carbocycles. The number of hydrazone groups is 1. The van der Waals surface area contributed by atoms with E-state index in [9.17, 15) is 4.79 Å². The van der Waals surface area contributed by atoms with Gasteiger partial charge in [0.15, 0.2) is 0 Å². The van der Waals surface area contributed by atoms with E-state index in [2.05, 4.69) is 40.0 Å². The summed E-state index contributed by atoms with van der Waals surface area (Å²) in [4.78, 5) is 11.6. The van der Waals surface area contributed by atoms with Crippen molar-refractivity contribution in [2.24, 2.45) is 10.9 Å². The van der Waals surface area contributed by atoms with Crippen molar-refractivity contribution in [1.82, 2.24) is 10.6 Å². The van der Waals surface area contributed by atoms with Gasteiger partial charge in [-0.25, -0.2) is 4.79 Å². The summed E-state index contributed by atoms with van der Waals surface area (Å²) >= 11 is 0. The number of hydrogen-bond donors (Lipinski definition) is 3. The third-order valence-electron chi connectivity index (χ3n) is 3.14. The minimum absolute atomic E-state index is 0.0907. The highest BCUT2D eigenvalue weighted by Crippen LogP contribution is 2.23. The molecule has 0 radical (unpaired) electrons. The number of urea groups is 1. The molecule has 2 aromatic rings. The van der Waals surface area contributed by atoms with Gasteiger partial charge in [-0.15, -0.1) is 0 Å². The molecule has 0 unspecified atom stereocenters. The summed E-state index contributed by atoms with van der Waals surface area (Å²) in [6.45, 7) is 0.484. The van der Waals surface area contributed by atoms with E-state index in [-0.39, 0.29) is 11.9 Å². The fourth-order valence-corrected chi connectivity index (χ4v) is 2.14. The smallest absolute Gasteiger partial charge is 0.320 e. The highest BCUT2D eigenvalue weighted by molar-refractivity contribution is 5.85. The number of benzene rings is 2. The molecule has 0 spiro atoms. The van der Waals surface area contributed by atoms with Crippen LogP contribution in [0.4, 0.5) is 4.79 Å². The van der Waals surface area contributed by atoms with Crippen LogP contribution in [0.1, 0.15) is 17.0 Å². The number of hydrogen-bond acceptors (Lipinski definition) is 3. The lowest BCUT2D eigenvalue weighted by Gasteiger charge is -2.18. The summed E-state index contributed by atoms with van der Waals surface area (Å²) in [6.07, 6.45) is 1.15. The van der Waals surface area contributed by atoms with Gasteiger partial charge in [0.05, 0.1) is 0 Å². The summed E-state index contributed by atoms with van der Waals surface area (Å²) in [5, 5.41) is 8.46. The number of carbonyl (C=O) groups excluding carboxylic acids is 1. The van der Waals surface area contributed by atoms with Crippen LogP contribution in [0.15, 0.2) is 65.8 Å². The average Bonchev–Trinajstić information content (AvgIpc) is 2.55. The first-order valence-corrected chi connectivity index (χ1v) is 6.67. The lowest BCUT2D eigenvalue weighted by Crippen LogP contribution is -2.37. The zero-order chi connectivity index (χ0) is 14.9. The third-order valence-corrected chi connectivity index (χ3v) is 3.14. The van der Waals surface area contributed by atoms with Gasteiger partial charge in [-0.1, -0.05) is 60.7 Å². The van der Waals surface area contributed by atoms with E-state index in [0.29, 0.717) is 6.54 Å². The van der Waals surface area contributed by atoms with E-state index in [1.54, 1.807) is 0 Å². The second-order valence-corrected chi connectivity index (χ2v) is 4.51. The molecule has 108 valence electrons. The lowest BCUT2D eigenvalue weighted by atomic mass is 9.91. The number of amides is 2. The van der Waals surface area contributed by atoms with Crippen LogP contribution in [0.25, 0.3) is 0 Å². The van der Waals surface area contributed by atoms with E-state index in [4.69, 9.17) is 5.84 Å². The standard InChI is InChI=1S/C16H18N4O/c17-20-12-19-16(21)18-11-15(13-7-3-1-4-8-13)14-9-5-2-6-10-14/h1-10,12,15H,11,17H2,(H2,18,19,20,21). The minimum Gasteiger partial charge on any atom is -0.337 e. The van der Waals surface area contributed by atoms with Crippen LogP contribution in [-0.4, -0.2) is 18.9 Å². The molecule has 2 rings (SSSR count). The van der Waals surface area contributed by atoms with Crippen molar-refractivity contribution >= 4 is 12.4 Å². The fourth-order valence-electron chi connectivity index (χ4n) is 2.14. The Morgan fingerprint density at radius 1 is 1.05 bits per heavy atom. The van der Waals surface area contributed by atoms with Crippen LogP contribution >= 0.6 is 0 Å². The summed E-state index contributed by atoms with van der Waals surface area (Å²) < 4.78 is 0. The molecule has 0 saturated heterocycles. The first-order chi connectivity index (χ1) is 10.3. The topological polar surface area (TPSA) is 79.5 Å². The number of nitrogens with zero attached hydrogens (tertiary/aromatic N) is 1. The Labute approximate surface area is 123 Å². The first-order valence-electron chi connectivity index (χ1n) is 6.67. The number of nitrogens with one attached hydrogen (secondary N) is 2. The van der Waals surface area contributed by atoms with E-state index in [1.807, 2.05) is 36.4 Å². The van der Waals surface area contributed by atoms with Crippen molar-refractivity contribution in [1.29, 1.82) is 0 Å². The van der Waals surface area contributed by atoms with Crippen LogP contribution in [0.5, 0.6) is 0 Å². The molecular weight excluding hydrogens is 264 g/mol. The maximum atomic E-state index is 11.6. The Bertz CT molecular complexity index is 544. The van der Waals surface area contributed by atoms with E-state index < -0.39 is 0 Å². The van der Waals surface area contributed by atoms with Gasteiger partial charge in [-0.2, -0.15) is 5.10 Å². The third kappa shape index (κ3) is 4.35. The van der Waals surface area contributed by atoms with Crippen LogP contribution in [0.3, 0.4) is 0 Å². The molecular formula is C16H18N4O. The second-order valence-electron chi connectivity index (χ2n) is 4.51. The summed E-state index contributed by atoms with van der Waals surface area (Å²) in [5.74, 6) is 5.03. The molecule has 5 heteroatoms. The van der Waals surface area contributed by atoms with Crippen molar-refractivity contribution in [3.63, 3.8) is 0 Å². The number of rotatable bonds is 5. The Morgan fingerprint density at radius 2 is 1.57 bits per heavy atom. The average molecular weight is 282 g/mol. The van der Waals surface area contributed by atoms with Crippen molar-refractivity contribution in [2.45, 2.75) is 5.92 Å². The Balaban J connectivity index is 2.12. The molecule has 2 amide bonds.